The molecule has 1 aromatic heterocycles. The van der Waals surface area contributed by atoms with E-state index in [1.165, 1.54) is 6.20 Å². The molecule has 1 atom stereocenters. The van der Waals surface area contributed by atoms with Crippen molar-refractivity contribution in [2.75, 3.05) is 31.7 Å². The minimum absolute atomic E-state index is 0.0956. The molecule has 1 amide bonds. The smallest absolute Gasteiger partial charge is 0.272 e. The maximum absolute atomic E-state index is 12.2. The van der Waals surface area contributed by atoms with E-state index in [1.807, 2.05) is 0 Å². The number of morpholine rings is 1. The summed E-state index contributed by atoms with van der Waals surface area (Å²) in [5, 5.41) is 9.04. The number of carbonyl (C=O) groups is 1. The second-order valence-corrected chi connectivity index (χ2v) is 4.00. The fourth-order valence-electron chi connectivity index (χ4n) is 1.81. The van der Waals surface area contributed by atoms with Gasteiger partial charge in [0.1, 0.15) is 5.69 Å². The first-order valence-corrected chi connectivity index (χ1v) is 5.69. The monoisotopic (exact) mass is 252 g/mol. The zero-order valence-electron chi connectivity index (χ0n) is 9.87. The van der Waals surface area contributed by atoms with Crippen LogP contribution in [0.1, 0.15) is 10.5 Å². The van der Waals surface area contributed by atoms with Gasteiger partial charge in [-0.1, -0.05) is 0 Å². The minimum atomic E-state index is -0.321. The number of rotatable bonds is 3. The maximum Gasteiger partial charge on any atom is 0.272 e. The number of anilines is 1. The number of amides is 1. The molecule has 98 valence electrons. The number of hydrogen-bond donors (Lipinski definition) is 3. The Morgan fingerprint density at radius 3 is 3.28 bits per heavy atom. The van der Waals surface area contributed by atoms with Crippen molar-refractivity contribution in [2.24, 2.45) is 5.84 Å². The number of pyridine rings is 1. The summed E-state index contributed by atoms with van der Waals surface area (Å²) in [6.07, 6.45) is 1.20. The van der Waals surface area contributed by atoms with Crippen molar-refractivity contribution in [3.05, 3.63) is 24.0 Å². The van der Waals surface area contributed by atoms with Gasteiger partial charge >= 0.3 is 0 Å². The molecule has 7 heteroatoms. The first kappa shape index (κ1) is 12.7. The lowest BCUT2D eigenvalue weighted by Crippen LogP contribution is -2.47. The maximum atomic E-state index is 12.2. The molecule has 1 saturated heterocycles. The third-order valence-electron chi connectivity index (χ3n) is 2.78. The van der Waals surface area contributed by atoms with Crippen molar-refractivity contribution in [3.8, 4) is 0 Å². The second-order valence-electron chi connectivity index (χ2n) is 4.00. The molecule has 0 saturated carbocycles. The van der Waals surface area contributed by atoms with Gasteiger partial charge in [0.05, 0.1) is 25.0 Å². The molecule has 4 N–H and O–H groups in total. The van der Waals surface area contributed by atoms with Gasteiger partial charge in [0.25, 0.3) is 5.91 Å². The normalized spacial score (nSPS) is 19.7. The van der Waals surface area contributed by atoms with Gasteiger partial charge in [-0.05, 0) is 12.1 Å². The SMILES string of the molecule is NNc1ccnc(C(=O)N2CCOC(CO)C2)c1. The summed E-state index contributed by atoms with van der Waals surface area (Å²) >= 11 is 0. The molecule has 18 heavy (non-hydrogen) atoms. The molecule has 0 bridgehead atoms. The number of aliphatic hydroxyl groups excluding tert-OH is 1. The van der Waals surface area contributed by atoms with Crippen LogP contribution in [0.5, 0.6) is 0 Å². The average molecular weight is 252 g/mol. The van der Waals surface area contributed by atoms with Gasteiger partial charge < -0.3 is 20.2 Å². The van der Waals surface area contributed by atoms with E-state index in [-0.39, 0.29) is 18.6 Å². The molecule has 0 aromatic carbocycles. The summed E-state index contributed by atoms with van der Waals surface area (Å²) in [5.41, 5.74) is 3.42. The Kier molecular flexibility index (Phi) is 4.08. The van der Waals surface area contributed by atoms with Crippen LogP contribution in [0.2, 0.25) is 0 Å². The molecule has 7 nitrogen and oxygen atoms in total. The highest BCUT2D eigenvalue weighted by molar-refractivity contribution is 5.93. The van der Waals surface area contributed by atoms with E-state index in [4.69, 9.17) is 15.7 Å². The Balaban J connectivity index is 2.10. The second kappa shape index (κ2) is 5.76. The van der Waals surface area contributed by atoms with Gasteiger partial charge in [0, 0.05) is 19.3 Å². The van der Waals surface area contributed by atoms with Crippen molar-refractivity contribution in [3.63, 3.8) is 0 Å². The fraction of sp³-hybridized carbons (Fsp3) is 0.455. The van der Waals surface area contributed by atoms with Crippen LogP contribution in [-0.4, -0.2) is 53.3 Å². The number of nitrogens with one attached hydrogen (secondary N) is 1. The van der Waals surface area contributed by atoms with Gasteiger partial charge in [-0.25, -0.2) is 0 Å². The van der Waals surface area contributed by atoms with Gasteiger partial charge in [-0.2, -0.15) is 0 Å². The summed E-state index contributed by atoms with van der Waals surface area (Å²) in [7, 11) is 0. The Bertz CT molecular complexity index is 427. The van der Waals surface area contributed by atoms with Gasteiger partial charge in [0.15, 0.2) is 0 Å². The molecule has 2 rings (SSSR count). The quantitative estimate of drug-likeness (QED) is 0.481. The van der Waals surface area contributed by atoms with Crippen molar-refractivity contribution in [1.82, 2.24) is 9.88 Å². The first-order valence-electron chi connectivity index (χ1n) is 5.69. The van der Waals surface area contributed by atoms with Gasteiger partial charge in [-0.3, -0.25) is 15.6 Å². The van der Waals surface area contributed by atoms with E-state index in [1.54, 1.807) is 17.0 Å². The lowest BCUT2D eigenvalue weighted by atomic mass is 10.2. The number of nitrogens with two attached hydrogens (primary N) is 1. The predicted molar refractivity (Wildman–Crippen MR) is 64.8 cm³/mol. The molecular weight excluding hydrogens is 236 g/mol. The lowest BCUT2D eigenvalue weighted by Gasteiger charge is -2.31. The summed E-state index contributed by atoms with van der Waals surface area (Å²) in [6, 6.07) is 3.26. The van der Waals surface area contributed by atoms with Crippen LogP contribution in [0.25, 0.3) is 0 Å². The largest absolute Gasteiger partial charge is 0.394 e. The van der Waals surface area contributed by atoms with Crippen LogP contribution < -0.4 is 11.3 Å². The van der Waals surface area contributed by atoms with Crippen molar-refractivity contribution in [2.45, 2.75) is 6.10 Å². The van der Waals surface area contributed by atoms with Crippen LogP contribution in [0, 0.1) is 0 Å². The predicted octanol–water partition coefficient (Wildman–Crippen LogP) is -0.799. The highest BCUT2D eigenvalue weighted by atomic mass is 16.5. The van der Waals surface area contributed by atoms with E-state index in [2.05, 4.69) is 10.4 Å². The molecule has 2 heterocycles. The summed E-state index contributed by atoms with van der Waals surface area (Å²) < 4.78 is 5.29. The van der Waals surface area contributed by atoms with Crippen LogP contribution in [0.4, 0.5) is 5.69 Å². The molecule has 1 aliphatic heterocycles. The third kappa shape index (κ3) is 2.76. The minimum Gasteiger partial charge on any atom is -0.394 e. The highest BCUT2D eigenvalue weighted by Gasteiger charge is 2.25. The number of nitrogen functional groups attached to an aromatic ring is 1. The van der Waals surface area contributed by atoms with Gasteiger partial charge in [-0.15, -0.1) is 0 Å². The zero-order valence-corrected chi connectivity index (χ0v) is 9.87. The summed E-state index contributed by atoms with van der Waals surface area (Å²) in [5.74, 6) is 5.10. The molecule has 1 unspecified atom stereocenters. The van der Waals surface area contributed by atoms with Crippen LogP contribution in [0.3, 0.4) is 0 Å². The van der Waals surface area contributed by atoms with Crippen LogP contribution in [-0.2, 0) is 4.74 Å². The molecule has 1 aromatic rings. The number of aliphatic hydroxyl groups is 1. The molecule has 1 aliphatic rings. The average Bonchev–Trinajstić information content (AvgIpc) is 2.46. The standard InChI is InChI=1S/C11H16N4O3/c12-14-8-1-2-13-10(5-8)11(17)15-3-4-18-9(6-15)7-16/h1-2,5,9,16H,3-4,6-7,12H2,(H,13,14). The van der Waals surface area contributed by atoms with Crippen LogP contribution >= 0.6 is 0 Å². The van der Waals surface area contributed by atoms with E-state index < -0.39 is 0 Å². The molecular formula is C11H16N4O3. The van der Waals surface area contributed by atoms with Crippen molar-refractivity contribution in [1.29, 1.82) is 0 Å². The van der Waals surface area contributed by atoms with E-state index >= 15 is 0 Å². The molecule has 0 aliphatic carbocycles. The van der Waals surface area contributed by atoms with E-state index in [0.29, 0.717) is 31.1 Å². The summed E-state index contributed by atoms with van der Waals surface area (Å²) in [4.78, 5) is 17.8. The Labute approximate surface area is 105 Å². The van der Waals surface area contributed by atoms with Gasteiger partial charge in [0.2, 0.25) is 0 Å². The number of hydrogen-bond acceptors (Lipinski definition) is 6. The zero-order chi connectivity index (χ0) is 13.0. The summed E-state index contributed by atoms with van der Waals surface area (Å²) in [6.45, 7) is 1.20. The number of nitrogens with zero attached hydrogens (tertiary/aromatic N) is 2. The Hall–Kier alpha value is -1.70. The number of ether oxygens (including phenoxy) is 1. The Morgan fingerprint density at radius 2 is 2.56 bits per heavy atom. The van der Waals surface area contributed by atoms with Crippen molar-refractivity contribution >= 4 is 11.6 Å². The third-order valence-corrected chi connectivity index (χ3v) is 2.78. The number of hydrazine groups is 1. The number of aromatic nitrogens is 1. The molecule has 0 spiro atoms. The number of carbonyl (C=O) groups excluding carboxylic acids is 1. The molecule has 0 radical (unpaired) electrons. The fourth-order valence-corrected chi connectivity index (χ4v) is 1.81. The van der Waals surface area contributed by atoms with Crippen molar-refractivity contribution < 1.29 is 14.6 Å². The Morgan fingerprint density at radius 1 is 1.72 bits per heavy atom. The van der Waals surface area contributed by atoms with Crippen LogP contribution in [0.15, 0.2) is 18.3 Å². The van der Waals surface area contributed by atoms with E-state index in [9.17, 15) is 4.79 Å². The first-order chi connectivity index (χ1) is 8.74. The van der Waals surface area contributed by atoms with E-state index in [0.717, 1.165) is 0 Å². The molecule has 1 fully saturated rings. The highest BCUT2D eigenvalue weighted by Crippen LogP contribution is 2.12. The topological polar surface area (TPSA) is 101 Å². The lowest BCUT2D eigenvalue weighted by molar-refractivity contribution is -0.0448.